The standard InChI is InChI=1S/C19H19NO5/c1-2-17(19(23)24)20-18(22)15-7-3-14(4-8-15)12-25-16-9-5-13(11-21)6-10-16/h3-11,17H,2,12H2,1H3,(H,20,22)(H,23,24). The molecular formula is C19H19NO5. The SMILES string of the molecule is CCC(NC(=O)c1ccc(COc2ccc(C=O)cc2)cc1)C(=O)O. The van der Waals surface area contributed by atoms with Gasteiger partial charge in [0.05, 0.1) is 0 Å². The summed E-state index contributed by atoms with van der Waals surface area (Å²) < 4.78 is 5.61. The van der Waals surface area contributed by atoms with Crippen molar-refractivity contribution in [3.63, 3.8) is 0 Å². The number of carboxylic acids is 1. The van der Waals surface area contributed by atoms with Gasteiger partial charge >= 0.3 is 5.97 Å². The molecule has 0 fully saturated rings. The van der Waals surface area contributed by atoms with Crippen LogP contribution in [0.5, 0.6) is 5.75 Å². The van der Waals surface area contributed by atoms with E-state index in [1.807, 2.05) is 0 Å². The number of aliphatic carboxylic acids is 1. The molecule has 1 unspecified atom stereocenters. The van der Waals surface area contributed by atoms with E-state index in [2.05, 4.69) is 5.32 Å². The molecule has 0 aliphatic carbocycles. The third-order valence-corrected chi connectivity index (χ3v) is 3.65. The number of ether oxygens (including phenoxy) is 1. The fraction of sp³-hybridized carbons (Fsp3) is 0.211. The predicted octanol–water partition coefficient (Wildman–Crippen LogP) is 2.67. The topological polar surface area (TPSA) is 92.7 Å². The van der Waals surface area contributed by atoms with Crippen LogP contribution in [-0.4, -0.2) is 29.3 Å². The summed E-state index contributed by atoms with van der Waals surface area (Å²) in [5.74, 6) is -0.840. The Morgan fingerprint density at radius 2 is 1.76 bits per heavy atom. The molecule has 0 radical (unpaired) electrons. The van der Waals surface area contributed by atoms with Crippen molar-refractivity contribution in [1.29, 1.82) is 0 Å². The average molecular weight is 341 g/mol. The van der Waals surface area contributed by atoms with Gasteiger partial charge in [-0.3, -0.25) is 9.59 Å². The zero-order chi connectivity index (χ0) is 18.2. The van der Waals surface area contributed by atoms with Crippen LogP contribution in [-0.2, 0) is 11.4 Å². The third-order valence-electron chi connectivity index (χ3n) is 3.65. The van der Waals surface area contributed by atoms with E-state index in [9.17, 15) is 14.4 Å². The third kappa shape index (κ3) is 5.17. The first-order valence-electron chi connectivity index (χ1n) is 7.84. The molecule has 0 aliphatic rings. The summed E-state index contributed by atoms with van der Waals surface area (Å²) in [6.45, 7) is 2.01. The van der Waals surface area contributed by atoms with Gasteiger partial charge in [0.25, 0.3) is 5.91 Å². The van der Waals surface area contributed by atoms with E-state index in [1.54, 1.807) is 55.5 Å². The molecule has 25 heavy (non-hydrogen) atoms. The lowest BCUT2D eigenvalue weighted by Gasteiger charge is -2.12. The van der Waals surface area contributed by atoms with Crippen LogP contribution in [0.25, 0.3) is 0 Å². The summed E-state index contributed by atoms with van der Waals surface area (Å²) in [5.41, 5.74) is 1.83. The quantitative estimate of drug-likeness (QED) is 0.720. The Morgan fingerprint density at radius 3 is 2.28 bits per heavy atom. The summed E-state index contributed by atoms with van der Waals surface area (Å²) in [7, 11) is 0. The Bertz CT molecular complexity index is 737. The van der Waals surface area contributed by atoms with E-state index in [1.165, 1.54) is 0 Å². The highest BCUT2D eigenvalue weighted by Gasteiger charge is 2.18. The second-order valence-electron chi connectivity index (χ2n) is 5.45. The fourth-order valence-electron chi connectivity index (χ4n) is 2.14. The van der Waals surface area contributed by atoms with Crippen LogP contribution in [0.3, 0.4) is 0 Å². The minimum absolute atomic E-state index is 0.315. The van der Waals surface area contributed by atoms with Crippen molar-refractivity contribution in [2.75, 3.05) is 0 Å². The minimum Gasteiger partial charge on any atom is -0.489 e. The van der Waals surface area contributed by atoms with E-state index in [0.29, 0.717) is 29.9 Å². The lowest BCUT2D eigenvalue weighted by atomic mass is 10.1. The van der Waals surface area contributed by atoms with Crippen molar-refractivity contribution in [2.24, 2.45) is 0 Å². The zero-order valence-corrected chi connectivity index (χ0v) is 13.8. The number of nitrogens with one attached hydrogen (secondary N) is 1. The highest BCUT2D eigenvalue weighted by atomic mass is 16.5. The van der Waals surface area contributed by atoms with E-state index in [0.717, 1.165) is 11.8 Å². The molecule has 0 bridgehead atoms. The van der Waals surface area contributed by atoms with Gasteiger partial charge in [-0.2, -0.15) is 0 Å². The van der Waals surface area contributed by atoms with Gasteiger partial charge in [0.1, 0.15) is 24.7 Å². The molecule has 6 nitrogen and oxygen atoms in total. The molecule has 0 saturated carbocycles. The number of benzene rings is 2. The Morgan fingerprint density at radius 1 is 1.12 bits per heavy atom. The summed E-state index contributed by atoms with van der Waals surface area (Å²) in [6.07, 6.45) is 1.08. The second-order valence-corrected chi connectivity index (χ2v) is 5.45. The van der Waals surface area contributed by atoms with Crippen LogP contribution in [0.2, 0.25) is 0 Å². The van der Waals surface area contributed by atoms with Crippen LogP contribution >= 0.6 is 0 Å². The number of aldehydes is 1. The van der Waals surface area contributed by atoms with E-state index >= 15 is 0 Å². The van der Waals surface area contributed by atoms with Crippen LogP contribution < -0.4 is 10.1 Å². The molecule has 0 aliphatic heterocycles. The van der Waals surface area contributed by atoms with Gasteiger partial charge in [-0.05, 0) is 48.4 Å². The molecule has 0 saturated heterocycles. The van der Waals surface area contributed by atoms with E-state index in [-0.39, 0.29) is 0 Å². The molecule has 6 heteroatoms. The summed E-state index contributed by atoms with van der Waals surface area (Å²) in [6, 6.07) is 12.6. The first-order chi connectivity index (χ1) is 12.0. The maximum Gasteiger partial charge on any atom is 0.326 e. The van der Waals surface area contributed by atoms with Crippen molar-refractivity contribution < 1.29 is 24.2 Å². The van der Waals surface area contributed by atoms with E-state index < -0.39 is 17.9 Å². The van der Waals surface area contributed by atoms with Gasteiger partial charge in [-0.15, -0.1) is 0 Å². The number of amides is 1. The Hall–Kier alpha value is -3.15. The molecule has 0 spiro atoms. The Balaban J connectivity index is 1.93. The maximum absolute atomic E-state index is 12.0. The first kappa shape index (κ1) is 18.2. The molecule has 130 valence electrons. The highest BCUT2D eigenvalue weighted by molar-refractivity contribution is 5.96. The number of carbonyl (C=O) groups excluding carboxylic acids is 2. The Labute approximate surface area is 145 Å². The molecule has 2 aromatic carbocycles. The van der Waals surface area contributed by atoms with Gasteiger partial charge in [0, 0.05) is 11.1 Å². The van der Waals surface area contributed by atoms with Crippen LogP contribution in [0, 0.1) is 0 Å². The van der Waals surface area contributed by atoms with Crippen molar-refractivity contribution in [3.8, 4) is 5.75 Å². The summed E-state index contributed by atoms with van der Waals surface area (Å²) in [4.78, 5) is 33.6. The number of rotatable bonds is 8. The van der Waals surface area contributed by atoms with E-state index in [4.69, 9.17) is 9.84 Å². The normalized spacial score (nSPS) is 11.4. The number of carbonyl (C=O) groups is 3. The van der Waals surface area contributed by atoms with Crippen molar-refractivity contribution in [2.45, 2.75) is 26.0 Å². The number of carboxylic acid groups (broad SMARTS) is 1. The van der Waals surface area contributed by atoms with Crippen molar-refractivity contribution in [1.82, 2.24) is 5.32 Å². The number of hydrogen-bond donors (Lipinski definition) is 2. The monoisotopic (exact) mass is 341 g/mol. The first-order valence-corrected chi connectivity index (χ1v) is 7.84. The molecule has 1 amide bonds. The molecule has 1 atom stereocenters. The summed E-state index contributed by atoms with van der Waals surface area (Å²) in [5, 5.41) is 11.4. The maximum atomic E-state index is 12.0. The van der Waals surface area contributed by atoms with Crippen LogP contribution in [0.15, 0.2) is 48.5 Å². The van der Waals surface area contributed by atoms with Gasteiger partial charge in [0.2, 0.25) is 0 Å². The molecule has 2 N–H and O–H groups in total. The van der Waals surface area contributed by atoms with Gasteiger partial charge in [-0.25, -0.2) is 4.79 Å². The zero-order valence-electron chi connectivity index (χ0n) is 13.8. The second kappa shape index (κ2) is 8.63. The van der Waals surface area contributed by atoms with Gasteiger partial charge in [0.15, 0.2) is 0 Å². The molecule has 2 rings (SSSR count). The number of hydrogen-bond acceptors (Lipinski definition) is 4. The van der Waals surface area contributed by atoms with Crippen LogP contribution in [0.1, 0.15) is 39.6 Å². The molecular weight excluding hydrogens is 322 g/mol. The molecule has 0 heterocycles. The smallest absolute Gasteiger partial charge is 0.326 e. The predicted molar refractivity (Wildman–Crippen MR) is 91.8 cm³/mol. The minimum atomic E-state index is -1.05. The van der Waals surface area contributed by atoms with Gasteiger partial charge in [-0.1, -0.05) is 19.1 Å². The molecule has 2 aromatic rings. The molecule has 0 aromatic heterocycles. The largest absolute Gasteiger partial charge is 0.489 e. The average Bonchev–Trinajstić information content (AvgIpc) is 2.64. The summed E-state index contributed by atoms with van der Waals surface area (Å²) >= 11 is 0. The van der Waals surface area contributed by atoms with Crippen LogP contribution in [0.4, 0.5) is 0 Å². The lowest BCUT2D eigenvalue weighted by Crippen LogP contribution is -2.40. The van der Waals surface area contributed by atoms with Crippen molar-refractivity contribution >= 4 is 18.2 Å². The lowest BCUT2D eigenvalue weighted by molar-refractivity contribution is -0.139. The Kier molecular flexibility index (Phi) is 6.28. The highest BCUT2D eigenvalue weighted by Crippen LogP contribution is 2.14. The van der Waals surface area contributed by atoms with Crippen molar-refractivity contribution in [3.05, 3.63) is 65.2 Å². The van der Waals surface area contributed by atoms with Gasteiger partial charge < -0.3 is 15.2 Å². The fourth-order valence-corrected chi connectivity index (χ4v) is 2.14.